The highest BCUT2D eigenvalue weighted by molar-refractivity contribution is 5.73. The molecule has 0 atom stereocenters. The van der Waals surface area contributed by atoms with Crippen molar-refractivity contribution in [2.75, 3.05) is 6.54 Å². The van der Waals surface area contributed by atoms with Crippen molar-refractivity contribution in [3.8, 4) is 0 Å². The summed E-state index contributed by atoms with van der Waals surface area (Å²) in [5.74, 6) is 0. The van der Waals surface area contributed by atoms with Gasteiger partial charge in [0.05, 0.1) is 0 Å². The van der Waals surface area contributed by atoms with Crippen molar-refractivity contribution in [3.05, 3.63) is 0 Å². The highest BCUT2D eigenvalue weighted by Gasteiger charge is 2.07. The van der Waals surface area contributed by atoms with Crippen LogP contribution in [0, 0.1) is 0 Å². The minimum Gasteiger partial charge on any atom is -0.351 e. The molecule has 124 valence electrons. The van der Waals surface area contributed by atoms with Crippen LogP contribution >= 0.6 is 0 Å². The van der Waals surface area contributed by atoms with Crippen LogP contribution < -0.4 is 22.3 Å². The maximum Gasteiger partial charge on any atom is 0.328 e. The van der Waals surface area contributed by atoms with Crippen LogP contribution in [0.2, 0.25) is 0 Å². The normalized spacial score (nSPS) is 14.0. The zero-order valence-electron chi connectivity index (χ0n) is 13.2. The van der Waals surface area contributed by atoms with Crippen molar-refractivity contribution in [2.45, 2.75) is 71.1 Å². The second-order valence-corrected chi connectivity index (χ2v) is 5.29. The van der Waals surface area contributed by atoms with Gasteiger partial charge in [0.1, 0.15) is 0 Å². The third-order valence-electron chi connectivity index (χ3n) is 3.23. The Morgan fingerprint density at radius 3 is 1.62 bits per heavy atom. The van der Waals surface area contributed by atoms with Crippen LogP contribution in [0.25, 0.3) is 0 Å². The predicted molar refractivity (Wildman–Crippen MR) is 84.0 cm³/mol. The molecule has 1 saturated carbocycles. The van der Waals surface area contributed by atoms with Gasteiger partial charge in [-0.3, -0.25) is 10.9 Å². The number of amides is 4. The molecule has 0 spiro atoms. The van der Waals surface area contributed by atoms with Gasteiger partial charge in [0, 0.05) is 6.54 Å². The Bertz CT molecular complexity index is 255. The van der Waals surface area contributed by atoms with Crippen molar-refractivity contribution >= 4 is 12.1 Å². The van der Waals surface area contributed by atoms with Gasteiger partial charge in [0.15, 0.2) is 0 Å². The molecular weight excluding hydrogens is 270 g/mol. The molecule has 7 nitrogen and oxygen atoms in total. The first kappa shape index (κ1) is 19.5. The number of hydrogen-bond donors (Lipinski definition) is 4. The van der Waals surface area contributed by atoms with E-state index in [0.29, 0.717) is 6.54 Å². The second kappa shape index (κ2) is 13.5. The number of nitrogens with zero attached hydrogens (tertiary/aromatic N) is 1. The highest BCUT2D eigenvalue weighted by Crippen LogP contribution is 2.15. The van der Waals surface area contributed by atoms with Crippen LogP contribution in [-0.4, -0.2) is 23.7 Å². The van der Waals surface area contributed by atoms with Crippen LogP contribution in [0.3, 0.4) is 0 Å². The summed E-state index contributed by atoms with van der Waals surface area (Å²) in [6.45, 7) is 2.58. The van der Waals surface area contributed by atoms with E-state index in [2.05, 4.69) is 17.8 Å². The fourth-order valence-electron chi connectivity index (χ4n) is 2.16. The van der Waals surface area contributed by atoms with Crippen LogP contribution in [-0.2, 0) is 0 Å². The van der Waals surface area contributed by atoms with Crippen molar-refractivity contribution in [1.82, 2.24) is 16.0 Å². The Morgan fingerprint density at radius 1 is 0.857 bits per heavy atom. The number of primary amides is 2. The molecule has 0 saturated heterocycles. The van der Waals surface area contributed by atoms with Gasteiger partial charge in [-0.2, -0.15) is 0 Å². The second-order valence-electron chi connectivity index (χ2n) is 5.29. The van der Waals surface area contributed by atoms with E-state index in [1.54, 1.807) is 0 Å². The van der Waals surface area contributed by atoms with Crippen LogP contribution in [0.4, 0.5) is 9.59 Å². The number of nitrogens with two attached hydrogens (primary N) is 2. The summed E-state index contributed by atoms with van der Waals surface area (Å²) in [4.78, 5) is 21.1. The maximum absolute atomic E-state index is 10.6. The van der Waals surface area contributed by atoms with Gasteiger partial charge < -0.3 is 11.5 Å². The van der Waals surface area contributed by atoms with Gasteiger partial charge in [-0.15, -0.1) is 5.12 Å². The van der Waals surface area contributed by atoms with E-state index in [1.807, 2.05) is 0 Å². The minimum atomic E-state index is -0.737. The number of hydrogen-bond acceptors (Lipinski definition) is 3. The van der Waals surface area contributed by atoms with E-state index < -0.39 is 12.1 Å². The van der Waals surface area contributed by atoms with Gasteiger partial charge >= 0.3 is 12.1 Å². The first-order chi connectivity index (χ1) is 10.1. The molecule has 0 aromatic rings. The third kappa shape index (κ3) is 14.7. The summed E-state index contributed by atoms with van der Waals surface area (Å²) < 4.78 is 0. The molecule has 1 aliphatic carbocycles. The molecule has 1 fully saturated rings. The fraction of sp³-hybridized carbons (Fsp3) is 0.857. The summed E-state index contributed by atoms with van der Waals surface area (Å²) in [6, 6.07) is -1.47. The minimum absolute atomic E-state index is 0.478. The molecule has 1 aliphatic rings. The highest BCUT2D eigenvalue weighted by atomic mass is 16.2. The Kier molecular flexibility index (Phi) is 12.5. The van der Waals surface area contributed by atoms with Gasteiger partial charge in [-0.05, 0) is 6.42 Å². The number of carbonyl (C=O) groups is 2. The zero-order chi connectivity index (χ0) is 15.9. The number of carbonyl (C=O) groups excluding carboxylic acids is 2. The van der Waals surface area contributed by atoms with Gasteiger partial charge in [-0.1, -0.05) is 64.7 Å². The van der Waals surface area contributed by atoms with Crippen LogP contribution in [0.1, 0.15) is 71.1 Å². The summed E-state index contributed by atoms with van der Waals surface area (Å²) in [5.41, 5.74) is 14.3. The monoisotopic (exact) mass is 301 g/mol. The largest absolute Gasteiger partial charge is 0.351 e. The summed E-state index contributed by atoms with van der Waals surface area (Å²) >= 11 is 0. The Labute approximate surface area is 127 Å². The number of hydrazine groups is 2. The van der Waals surface area contributed by atoms with E-state index in [4.69, 9.17) is 11.5 Å². The maximum atomic E-state index is 10.6. The Balaban J connectivity index is 0.000000547. The van der Waals surface area contributed by atoms with E-state index in [9.17, 15) is 9.59 Å². The quantitative estimate of drug-likeness (QED) is 0.427. The van der Waals surface area contributed by atoms with Crippen molar-refractivity contribution in [3.63, 3.8) is 0 Å². The van der Waals surface area contributed by atoms with Crippen molar-refractivity contribution in [1.29, 1.82) is 0 Å². The van der Waals surface area contributed by atoms with Crippen molar-refractivity contribution in [2.24, 2.45) is 11.5 Å². The van der Waals surface area contributed by atoms with Crippen molar-refractivity contribution < 1.29 is 9.59 Å². The van der Waals surface area contributed by atoms with Gasteiger partial charge in [0.2, 0.25) is 0 Å². The summed E-state index contributed by atoms with van der Waals surface area (Å²) in [7, 11) is 0. The predicted octanol–water partition coefficient (Wildman–Crippen LogP) is 2.38. The van der Waals surface area contributed by atoms with Gasteiger partial charge in [0.25, 0.3) is 0 Å². The Hall–Kier alpha value is -1.50. The molecule has 0 heterocycles. The molecule has 0 bridgehead atoms. The van der Waals surface area contributed by atoms with Crippen LogP contribution in [0.15, 0.2) is 0 Å². The molecule has 7 heteroatoms. The van der Waals surface area contributed by atoms with E-state index in [1.165, 1.54) is 43.6 Å². The lowest BCUT2D eigenvalue weighted by molar-refractivity contribution is 0.134. The SMILES string of the molecule is C1CCCCC1.CCCCCCN(NC(N)=O)NC(N)=O. The van der Waals surface area contributed by atoms with Gasteiger partial charge in [-0.25, -0.2) is 9.59 Å². The van der Waals surface area contributed by atoms with E-state index in [-0.39, 0.29) is 0 Å². The first-order valence-electron chi connectivity index (χ1n) is 7.96. The first-order valence-corrected chi connectivity index (χ1v) is 7.96. The third-order valence-corrected chi connectivity index (χ3v) is 3.23. The molecule has 21 heavy (non-hydrogen) atoms. The van der Waals surface area contributed by atoms with Crippen LogP contribution in [0.5, 0.6) is 0 Å². The number of rotatable bonds is 7. The lowest BCUT2D eigenvalue weighted by Gasteiger charge is -2.21. The molecule has 0 aromatic heterocycles. The molecule has 4 amide bonds. The van der Waals surface area contributed by atoms with E-state index >= 15 is 0 Å². The Morgan fingerprint density at radius 2 is 1.29 bits per heavy atom. The average Bonchev–Trinajstić information content (AvgIpc) is 2.45. The number of unbranched alkanes of at least 4 members (excludes halogenated alkanes) is 3. The summed E-state index contributed by atoms with van der Waals surface area (Å²) in [5, 5.41) is 1.19. The molecule has 6 N–H and O–H groups in total. The average molecular weight is 301 g/mol. The molecular formula is C14H31N5O2. The molecule has 0 aromatic carbocycles. The smallest absolute Gasteiger partial charge is 0.328 e. The number of urea groups is 2. The van der Waals surface area contributed by atoms with E-state index in [0.717, 1.165) is 25.7 Å². The lowest BCUT2D eigenvalue weighted by Crippen LogP contribution is -2.56. The fourth-order valence-corrected chi connectivity index (χ4v) is 2.16. The standard InChI is InChI=1S/C8H19N5O2.C6H12/c1-2-3-4-5-6-13(11-7(9)14)12-8(10)15;1-2-4-6-5-3-1/h2-6H2,1H3,(H3,9,11,14)(H3,10,12,15);1-6H2. The molecule has 1 rings (SSSR count). The topological polar surface area (TPSA) is 113 Å². The summed E-state index contributed by atoms with van der Waals surface area (Å²) in [6.07, 6.45) is 13.1. The lowest BCUT2D eigenvalue weighted by atomic mass is 10.0. The molecule has 0 unspecified atom stereocenters. The molecule has 0 aliphatic heterocycles. The molecule has 0 radical (unpaired) electrons. The number of nitrogens with one attached hydrogen (secondary N) is 2. The zero-order valence-corrected chi connectivity index (χ0v) is 13.2.